The van der Waals surface area contributed by atoms with Crippen molar-refractivity contribution in [3.8, 4) is 11.1 Å². The molecule has 1 fully saturated rings. The van der Waals surface area contributed by atoms with Crippen molar-refractivity contribution >= 4 is 17.1 Å². The van der Waals surface area contributed by atoms with Crippen molar-refractivity contribution in [1.82, 2.24) is 20.2 Å². The van der Waals surface area contributed by atoms with Gasteiger partial charge < -0.3 is 29.8 Å². The van der Waals surface area contributed by atoms with Gasteiger partial charge >= 0.3 is 6.03 Å². The molecule has 6 aromatic rings. The number of rotatable bonds is 10. The third-order valence-electron chi connectivity index (χ3n) is 9.20. The zero-order chi connectivity index (χ0) is 33.6. The second-order valence-corrected chi connectivity index (χ2v) is 12.6. The summed E-state index contributed by atoms with van der Waals surface area (Å²) in [6.07, 6.45) is 0.894. The van der Waals surface area contributed by atoms with Crippen LogP contribution in [0, 0.1) is 5.92 Å². The number of amides is 2. The van der Waals surface area contributed by atoms with Crippen LogP contribution < -0.4 is 10.6 Å². The SMILES string of the molecule is C[C@H]1[C@@H](Cn2cnc3ccccc32)O[C@@H](c2cccc(-c3cccc(CNC(=O)NCc4ccccc4)c3)c2)O[C@H]1c1ccc(CO)cc1. The summed E-state index contributed by atoms with van der Waals surface area (Å²) in [5.41, 5.74) is 8.95. The maximum Gasteiger partial charge on any atom is 0.315 e. The number of ether oxygens (including phenoxy) is 2. The number of nitrogens with one attached hydrogen (secondary N) is 2. The first-order valence-electron chi connectivity index (χ1n) is 16.7. The van der Waals surface area contributed by atoms with E-state index in [9.17, 15) is 9.90 Å². The summed E-state index contributed by atoms with van der Waals surface area (Å²) in [5, 5.41) is 15.5. The van der Waals surface area contributed by atoms with Crippen LogP contribution >= 0.6 is 0 Å². The lowest BCUT2D eigenvalue weighted by Crippen LogP contribution is -2.39. The number of aliphatic hydroxyl groups excluding tert-OH is 1. The number of hydrogen-bond acceptors (Lipinski definition) is 5. The second-order valence-electron chi connectivity index (χ2n) is 12.6. The zero-order valence-corrected chi connectivity index (χ0v) is 27.4. The van der Waals surface area contributed by atoms with Crippen molar-refractivity contribution in [3.63, 3.8) is 0 Å². The van der Waals surface area contributed by atoms with Gasteiger partial charge in [-0.15, -0.1) is 0 Å². The van der Waals surface area contributed by atoms with Crippen LogP contribution in [-0.2, 0) is 35.7 Å². The van der Waals surface area contributed by atoms with Crippen molar-refractivity contribution in [2.24, 2.45) is 5.92 Å². The molecule has 0 saturated carbocycles. The number of nitrogens with zero attached hydrogens (tertiary/aromatic N) is 2. The van der Waals surface area contributed by atoms with E-state index in [0.717, 1.165) is 50.0 Å². The molecule has 8 nitrogen and oxygen atoms in total. The molecular formula is C41H40N4O4. The summed E-state index contributed by atoms with van der Waals surface area (Å²) >= 11 is 0. The highest BCUT2D eigenvalue weighted by Gasteiger charge is 2.38. The van der Waals surface area contributed by atoms with E-state index >= 15 is 0 Å². The van der Waals surface area contributed by atoms with E-state index in [2.05, 4.69) is 57.4 Å². The molecule has 2 heterocycles. The zero-order valence-electron chi connectivity index (χ0n) is 27.4. The Labute approximate surface area is 286 Å². The van der Waals surface area contributed by atoms with Gasteiger partial charge in [-0.1, -0.05) is 110 Å². The van der Waals surface area contributed by atoms with Crippen LogP contribution in [0.1, 0.15) is 47.1 Å². The molecule has 0 radical (unpaired) electrons. The number of fused-ring (bicyclic) bond motifs is 1. The Kier molecular flexibility index (Phi) is 9.79. The Morgan fingerprint density at radius 1 is 0.735 bits per heavy atom. The number of imidazole rings is 1. The minimum atomic E-state index is -0.600. The number of benzene rings is 5. The van der Waals surface area contributed by atoms with Crippen molar-refractivity contribution in [3.05, 3.63) is 162 Å². The van der Waals surface area contributed by atoms with Crippen molar-refractivity contribution < 1.29 is 19.4 Å². The van der Waals surface area contributed by atoms with Crippen LogP contribution in [0.3, 0.4) is 0 Å². The lowest BCUT2D eigenvalue weighted by Gasteiger charge is -2.41. The number of hydrogen-bond donors (Lipinski definition) is 3. The molecule has 1 aliphatic rings. The smallest absolute Gasteiger partial charge is 0.315 e. The Hall–Kier alpha value is -5.28. The van der Waals surface area contributed by atoms with Crippen molar-refractivity contribution in [2.75, 3.05) is 0 Å². The van der Waals surface area contributed by atoms with Gasteiger partial charge in [0.1, 0.15) is 0 Å². The third kappa shape index (κ3) is 7.57. The number of para-hydroxylation sites is 2. The molecule has 1 aromatic heterocycles. The quantitative estimate of drug-likeness (QED) is 0.141. The Morgan fingerprint density at radius 3 is 2.22 bits per heavy atom. The van der Waals surface area contributed by atoms with Crippen LogP contribution in [0.15, 0.2) is 134 Å². The first-order valence-corrected chi connectivity index (χ1v) is 16.7. The fraction of sp³-hybridized carbons (Fsp3) is 0.220. The molecular weight excluding hydrogens is 612 g/mol. The van der Waals surface area contributed by atoms with Gasteiger partial charge in [-0.25, -0.2) is 9.78 Å². The molecule has 0 bridgehead atoms. The van der Waals surface area contributed by atoms with E-state index in [0.29, 0.717) is 19.6 Å². The predicted molar refractivity (Wildman–Crippen MR) is 190 cm³/mol. The molecule has 8 heteroatoms. The lowest BCUT2D eigenvalue weighted by molar-refractivity contribution is -0.276. The summed E-state index contributed by atoms with van der Waals surface area (Å²) in [7, 11) is 0. The van der Waals surface area contributed by atoms with E-state index in [-0.39, 0.29) is 30.8 Å². The first kappa shape index (κ1) is 32.3. The highest BCUT2D eigenvalue weighted by molar-refractivity contribution is 5.75. The van der Waals surface area contributed by atoms with Gasteiger partial charge in [0.25, 0.3) is 0 Å². The highest BCUT2D eigenvalue weighted by atomic mass is 16.7. The monoisotopic (exact) mass is 652 g/mol. The van der Waals surface area contributed by atoms with E-state index in [4.69, 9.17) is 9.47 Å². The number of carbonyl (C=O) groups excluding carboxylic acids is 1. The Morgan fingerprint density at radius 2 is 1.43 bits per heavy atom. The van der Waals surface area contributed by atoms with Crippen LogP contribution in [0.4, 0.5) is 4.79 Å². The van der Waals surface area contributed by atoms with E-state index in [1.54, 1.807) is 0 Å². The summed E-state index contributed by atoms with van der Waals surface area (Å²) in [5.74, 6) is 0.0367. The first-order chi connectivity index (χ1) is 24.0. The van der Waals surface area contributed by atoms with Gasteiger partial charge in [-0.3, -0.25) is 0 Å². The summed E-state index contributed by atoms with van der Waals surface area (Å²) in [6, 6.07) is 42.2. The fourth-order valence-corrected chi connectivity index (χ4v) is 6.43. The minimum Gasteiger partial charge on any atom is -0.392 e. The maximum atomic E-state index is 12.5. The van der Waals surface area contributed by atoms with Crippen LogP contribution in [-0.4, -0.2) is 26.8 Å². The van der Waals surface area contributed by atoms with Crippen LogP contribution in [0.2, 0.25) is 0 Å². The molecule has 248 valence electrons. The second kappa shape index (κ2) is 14.9. The van der Waals surface area contributed by atoms with Crippen molar-refractivity contribution in [1.29, 1.82) is 0 Å². The van der Waals surface area contributed by atoms with Crippen LogP contribution in [0.25, 0.3) is 22.2 Å². The molecule has 1 saturated heterocycles. The van der Waals surface area contributed by atoms with Gasteiger partial charge in [-0.2, -0.15) is 0 Å². The molecule has 4 atom stereocenters. The molecule has 0 unspecified atom stereocenters. The molecule has 1 aliphatic heterocycles. The Balaban J connectivity index is 1.10. The topological polar surface area (TPSA) is 97.6 Å². The average Bonchev–Trinajstić information content (AvgIpc) is 3.57. The van der Waals surface area contributed by atoms with Gasteiger partial charge in [-0.05, 0) is 57.6 Å². The molecule has 49 heavy (non-hydrogen) atoms. The number of urea groups is 1. The molecule has 0 spiro atoms. The summed E-state index contributed by atoms with van der Waals surface area (Å²) < 4.78 is 15.7. The highest BCUT2D eigenvalue weighted by Crippen LogP contribution is 2.43. The third-order valence-corrected chi connectivity index (χ3v) is 9.20. The fourth-order valence-electron chi connectivity index (χ4n) is 6.43. The average molecular weight is 653 g/mol. The summed E-state index contributed by atoms with van der Waals surface area (Å²) in [6.45, 7) is 3.66. The van der Waals surface area contributed by atoms with Gasteiger partial charge in [0.2, 0.25) is 0 Å². The molecule has 7 rings (SSSR count). The van der Waals surface area contributed by atoms with Gasteiger partial charge in [0, 0.05) is 24.6 Å². The molecule has 2 amide bonds. The normalized spacial score (nSPS) is 19.1. The van der Waals surface area contributed by atoms with Gasteiger partial charge in [0.15, 0.2) is 6.29 Å². The van der Waals surface area contributed by atoms with E-state index < -0.39 is 6.29 Å². The predicted octanol–water partition coefficient (Wildman–Crippen LogP) is 7.69. The number of carbonyl (C=O) groups is 1. The van der Waals surface area contributed by atoms with E-state index in [1.165, 1.54) is 0 Å². The minimum absolute atomic E-state index is 0.00503. The Bertz CT molecular complexity index is 2010. The number of aliphatic hydroxyl groups is 1. The van der Waals surface area contributed by atoms with E-state index in [1.807, 2.05) is 103 Å². The lowest BCUT2D eigenvalue weighted by atomic mass is 9.90. The number of aromatic nitrogens is 2. The molecule has 0 aliphatic carbocycles. The molecule has 3 N–H and O–H groups in total. The standard InChI is InChI=1S/C41H40N4O4/c1-28-38(25-45-27-44-36-15-5-6-16-37(36)45)48-40(49-39(28)32-19-17-30(26-46)18-20-32)35-14-8-13-34(22-35)33-12-7-11-31(21-33)24-43-41(47)42-23-29-9-3-2-4-10-29/h2-22,27-28,38-40,46H,23-26H2,1H3,(H2,42,43,47)/t28-,38+,39+,40+/m0/s1. The summed E-state index contributed by atoms with van der Waals surface area (Å²) in [4.78, 5) is 17.1. The van der Waals surface area contributed by atoms with Gasteiger partial charge in [0.05, 0.1) is 42.7 Å². The largest absolute Gasteiger partial charge is 0.392 e. The van der Waals surface area contributed by atoms with Crippen LogP contribution in [0.5, 0.6) is 0 Å². The maximum absolute atomic E-state index is 12.5. The molecule has 5 aromatic carbocycles. The van der Waals surface area contributed by atoms with Crippen molar-refractivity contribution in [2.45, 2.75) is 51.7 Å².